The summed E-state index contributed by atoms with van der Waals surface area (Å²) in [7, 11) is 0. The van der Waals surface area contributed by atoms with E-state index in [0.717, 1.165) is 19.5 Å². The first-order chi connectivity index (χ1) is 10.2. The summed E-state index contributed by atoms with van der Waals surface area (Å²) >= 11 is 1.87. The van der Waals surface area contributed by atoms with Gasteiger partial charge in [-0.2, -0.15) is 0 Å². The minimum absolute atomic E-state index is 0.484. The van der Waals surface area contributed by atoms with Crippen LogP contribution >= 0.6 is 11.3 Å². The molecule has 2 heterocycles. The Morgan fingerprint density at radius 2 is 2.05 bits per heavy atom. The number of thiophene rings is 1. The van der Waals surface area contributed by atoms with Gasteiger partial charge in [0.25, 0.3) is 0 Å². The highest BCUT2D eigenvalue weighted by Gasteiger charge is 2.30. The van der Waals surface area contributed by atoms with Crippen molar-refractivity contribution in [3.63, 3.8) is 0 Å². The minimum Gasteiger partial charge on any atom is -0.311 e. The molecule has 1 aliphatic heterocycles. The van der Waals surface area contributed by atoms with Gasteiger partial charge < -0.3 is 5.32 Å². The van der Waals surface area contributed by atoms with Crippen LogP contribution < -0.4 is 5.32 Å². The van der Waals surface area contributed by atoms with Crippen LogP contribution in [0.1, 0.15) is 30.3 Å². The summed E-state index contributed by atoms with van der Waals surface area (Å²) in [6, 6.07) is 16.9. The number of hydrogen-bond donors (Lipinski definition) is 1. The molecule has 1 aliphatic rings. The standard InChI is InChI=1S/C18H24N2S/c1-14-13-20(15(2)11-17-9-6-10-21-17)18(12-19-14)16-7-4-3-5-8-16/h3-10,14-15,18-19H,11-13H2,1-2H3. The molecule has 0 amide bonds. The van der Waals surface area contributed by atoms with Crippen LogP contribution in [0.3, 0.4) is 0 Å². The third-order valence-electron chi connectivity index (χ3n) is 4.37. The third-order valence-corrected chi connectivity index (χ3v) is 5.27. The lowest BCUT2D eigenvalue weighted by atomic mass is 9.98. The first-order valence-corrected chi connectivity index (χ1v) is 8.68. The van der Waals surface area contributed by atoms with E-state index in [9.17, 15) is 0 Å². The van der Waals surface area contributed by atoms with Crippen molar-refractivity contribution in [2.45, 2.75) is 38.4 Å². The first-order valence-electron chi connectivity index (χ1n) is 7.80. The predicted octanol–water partition coefficient (Wildman–Crippen LogP) is 3.71. The second-order valence-electron chi connectivity index (χ2n) is 6.07. The molecule has 2 aromatic rings. The number of rotatable bonds is 4. The minimum atomic E-state index is 0.484. The van der Waals surface area contributed by atoms with Crippen molar-refractivity contribution < 1.29 is 0 Å². The Kier molecular flexibility index (Phi) is 4.73. The highest BCUT2D eigenvalue weighted by Crippen LogP contribution is 2.27. The van der Waals surface area contributed by atoms with E-state index in [2.05, 4.69) is 71.9 Å². The van der Waals surface area contributed by atoms with Crippen LogP contribution in [-0.2, 0) is 6.42 Å². The average Bonchev–Trinajstić information content (AvgIpc) is 3.01. The van der Waals surface area contributed by atoms with E-state index in [1.165, 1.54) is 10.4 Å². The fourth-order valence-electron chi connectivity index (χ4n) is 3.25. The third kappa shape index (κ3) is 3.54. The Morgan fingerprint density at radius 1 is 1.24 bits per heavy atom. The maximum Gasteiger partial charge on any atom is 0.0476 e. The van der Waals surface area contributed by atoms with E-state index in [1.807, 2.05) is 11.3 Å². The second kappa shape index (κ2) is 6.73. The van der Waals surface area contributed by atoms with Crippen molar-refractivity contribution >= 4 is 11.3 Å². The Bertz CT molecular complexity index is 538. The lowest BCUT2D eigenvalue weighted by Gasteiger charge is -2.43. The van der Waals surface area contributed by atoms with Crippen molar-refractivity contribution in [2.24, 2.45) is 0 Å². The Labute approximate surface area is 131 Å². The number of piperazine rings is 1. The molecule has 1 fully saturated rings. The van der Waals surface area contributed by atoms with Crippen LogP contribution in [0.15, 0.2) is 47.8 Å². The van der Waals surface area contributed by atoms with Crippen LogP contribution in [0.25, 0.3) is 0 Å². The van der Waals surface area contributed by atoms with Gasteiger partial charge in [-0.05, 0) is 37.3 Å². The van der Waals surface area contributed by atoms with Crippen molar-refractivity contribution in [3.05, 3.63) is 58.3 Å². The molecule has 3 atom stereocenters. The summed E-state index contributed by atoms with van der Waals surface area (Å²) in [6.07, 6.45) is 1.15. The average molecular weight is 300 g/mol. The van der Waals surface area contributed by atoms with Crippen molar-refractivity contribution in [1.29, 1.82) is 0 Å². The number of benzene rings is 1. The Morgan fingerprint density at radius 3 is 2.76 bits per heavy atom. The zero-order chi connectivity index (χ0) is 14.7. The topological polar surface area (TPSA) is 15.3 Å². The van der Waals surface area contributed by atoms with E-state index in [-0.39, 0.29) is 0 Å². The van der Waals surface area contributed by atoms with Crippen LogP contribution in [0.4, 0.5) is 0 Å². The van der Waals surface area contributed by atoms with Crippen molar-refractivity contribution in [1.82, 2.24) is 10.2 Å². The molecule has 0 aliphatic carbocycles. The summed E-state index contributed by atoms with van der Waals surface area (Å²) in [5.41, 5.74) is 1.43. The van der Waals surface area contributed by atoms with Gasteiger partial charge in [0, 0.05) is 36.1 Å². The molecule has 0 spiro atoms. The molecule has 0 saturated carbocycles. The molecule has 1 N–H and O–H groups in total. The molecular weight excluding hydrogens is 276 g/mol. The Hall–Kier alpha value is -1.16. The molecule has 21 heavy (non-hydrogen) atoms. The number of nitrogens with one attached hydrogen (secondary N) is 1. The van der Waals surface area contributed by atoms with Gasteiger partial charge in [0.1, 0.15) is 0 Å². The number of nitrogens with zero attached hydrogens (tertiary/aromatic N) is 1. The monoisotopic (exact) mass is 300 g/mol. The van der Waals surface area contributed by atoms with E-state index < -0.39 is 0 Å². The van der Waals surface area contributed by atoms with Crippen LogP contribution in [-0.4, -0.2) is 30.1 Å². The van der Waals surface area contributed by atoms with Crippen molar-refractivity contribution in [3.8, 4) is 0 Å². The SMILES string of the molecule is CC1CN(C(C)Cc2cccs2)C(c2ccccc2)CN1. The lowest BCUT2D eigenvalue weighted by molar-refractivity contribution is 0.0932. The predicted molar refractivity (Wildman–Crippen MR) is 90.8 cm³/mol. The quantitative estimate of drug-likeness (QED) is 0.926. The fourth-order valence-corrected chi connectivity index (χ4v) is 4.07. The molecule has 3 heteroatoms. The molecule has 3 rings (SSSR count). The molecule has 0 bridgehead atoms. The van der Waals surface area contributed by atoms with E-state index in [0.29, 0.717) is 18.1 Å². The van der Waals surface area contributed by atoms with Crippen LogP contribution in [0, 0.1) is 0 Å². The highest BCUT2D eigenvalue weighted by molar-refractivity contribution is 7.09. The maximum absolute atomic E-state index is 3.64. The fraction of sp³-hybridized carbons (Fsp3) is 0.444. The van der Waals surface area contributed by atoms with Crippen LogP contribution in [0.5, 0.6) is 0 Å². The van der Waals surface area contributed by atoms with Gasteiger partial charge in [0.05, 0.1) is 0 Å². The smallest absolute Gasteiger partial charge is 0.0476 e. The highest BCUT2D eigenvalue weighted by atomic mass is 32.1. The van der Waals surface area contributed by atoms with Gasteiger partial charge in [-0.15, -0.1) is 11.3 Å². The maximum atomic E-state index is 3.64. The zero-order valence-electron chi connectivity index (χ0n) is 12.8. The molecule has 3 unspecified atom stereocenters. The van der Waals surface area contributed by atoms with Crippen molar-refractivity contribution in [2.75, 3.05) is 13.1 Å². The summed E-state index contributed by atoms with van der Waals surface area (Å²) in [6.45, 7) is 6.81. The Balaban J connectivity index is 1.78. The molecule has 2 nitrogen and oxygen atoms in total. The molecule has 112 valence electrons. The largest absolute Gasteiger partial charge is 0.311 e. The van der Waals surface area contributed by atoms with Gasteiger partial charge in [-0.1, -0.05) is 36.4 Å². The second-order valence-corrected chi connectivity index (χ2v) is 7.10. The molecule has 1 aromatic carbocycles. The van der Waals surface area contributed by atoms with Crippen LogP contribution in [0.2, 0.25) is 0 Å². The summed E-state index contributed by atoms with van der Waals surface area (Å²) in [5, 5.41) is 5.81. The van der Waals surface area contributed by atoms with Gasteiger partial charge in [-0.25, -0.2) is 0 Å². The van der Waals surface area contributed by atoms with E-state index >= 15 is 0 Å². The first kappa shape index (κ1) is 14.8. The molecule has 0 radical (unpaired) electrons. The molecule has 1 saturated heterocycles. The summed E-state index contributed by atoms with van der Waals surface area (Å²) < 4.78 is 0. The zero-order valence-corrected chi connectivity index (χ0v) is 13.6. The molecule has 1 aromatic heterocycles. The molecular formula is C18H24N2S. The van der Waals surface area contributed by atoms with Gasteiger partial charge in [-0.3, -0.25) is 4.90 Å². The summed E-state index contributed by atoms with van der Waals surface area (Å²) in [4.78, 5) is 4.16. The van der Waals surface area contributed by atoms with Gasteiger partial charge in [0.15, 0.2) is 0 Å². The van der Waals surface area contributed by atoms with E-state index in [1.54, 1.807) is 0 Å². The summed E-state index contributed by atoms with van der Waals surface area (Å²) in [5.74, 6) is 0. The van der Waals surface area contributed by atoms with Gasteiger partial charge in [0.2, 0.25) is 0 Å². The normalized spacial score (nSPS) is 24.9. The lowest BCUT2D eigenvalue weighted by Crippen LogP contribution is -2.54. The van der Waals surface area contributed by atoms with Gasteiger partial charge >= 0.3 is 0 Å². The van der Waals surface area contributed by atoms with E-state index in [4.69, 9.17) is 0 Å². The number of hydrogen-bond acceptors (Lipinski definition) is 3.